The standard InChI is InChI=1S/C15H19N3S/c1-2-6-12(7-3-1)17-10-13-11-19-15(18-13)14-8-4-5-9-16-14/h4-5,8-9,11-12,17H,1-3,6-7,10H2. The first-order valence-corrected chi connectivity index (χ1v) is 7.89. The van der Waals surface area contributed by atoms with Gasteiger partial charge in [-0.25, -0.2) is 4.98 Å². The molecule has 0 spiro atoms. The molecule has 0 unspecified atom stereocenters. The van der Waals surface area contributed by atoms with Crippen LogP contribution < -0.4 is 5.32 Å². The Morgan fingerprint density at radius 3 is 2.89 bits per heavy atom. The number of rotatable bonds is 4. The topological polar surface area (TPSA) is 37.8 Å². The highest BCUT2D eigenvalue weighted by Gasteiger charge is 2.13. The van der Waals surface area contributed by atoms with Crippen LogP contribution in [0.25, 0.3) is 10.7 Å². The Bertz CT molecular complexity index is 503. The second-order valence-electron chi connectivity index (χ2n) is 5.07. The van der Waals surface area contributed by atoms with Crippen molar-refractivity contribution in [2.45, 2.75) is 44.7 Å². The minimum atomic E-state index is 0.689. The number of nitrogens with one attached hydrogen (secondary N) is 1. The zero-order chi connectivity index (χ0) is 12.9. The third kappa shape index (κ3) is 3.39. The molecule has 2 heterocycles. The van der Waals surface area contributed by atoms with Crippen LogP contribution in [0.2, 0.25) is 0 Å². The van der Waals surface area contributed by atoms with Crippen molar-refractivity contribution in [3.63, 3.8) is 0 Å². The molecule has 2 aromatic heterocycles. The molecule has 100 valence electrons. The second kappa shape index (κ2) is 6.26. The summed E-state index contributed by atoms with van der Waals surface area (Å²) in [6.07, 6.45) is 8.59. The molecule has 0 bridgehead atoms. The molecule has 0 aromatic carbocycles. The van der Waals surface area contributed by atoms with Crippen molar-refractivity contribution >= 4 is 11.3 Å². The minimum absolute atomic E-state index is 0.689. The van der Waals surface area contributed by atoms with E-state index in [2.05, 4.69) is 20.7 Å². The fourth-order valence-corrected chi connectivity index (χ4v) is 3.35. The maximum Gasteiger partial charge on any atom is 0.142 e. The maximum absolute atomic E-state index is 4.66. The Kier molecular flexibility index (Phi) is 4.20. The molecule has 3 rings (SSSR count). The molecular weight excluding hydrogens is 254 g/mol. The van der Waals surface area contributed by atoms with Gasteiger partial charge in [0.25, 0.3) is 0 Å². The fraction of sp³-hybridized carbons (Fsp3) is 0.467. The highest BCUT2D eigenvalue weighted by molar-refractivity contribution is 7.13. The van der Waals surface area contributed by atoms with E-state index in [4.69, 9.17) is 0 Å². The van der Waals surface area contributed by atoms with Crippen molar-refractivity contribution in [1.82, 2.24) is 15.3 Å². The van der Waals surface area contributed by atoms with Crippen LogP contribution in [0.3, 0.4) is 0 Å². The van der Waals surface area contributed by atoms with Crippen molar-refractivity contribution in [3.8, 4) is 10.7 Å². The Balaban J connectivity index is 1.59. The van der Waals surface area contributed by atoms with Gasteiger partial charge in [-0.05, 0) is 25.0 Å². The van der Waals surface area contributed by atoms with Gasteiger partial charge in [-0.2, -0.15) is 0 Å². The Hall–Kier alpha value is -1.26. The Labute approximate surface area is 118 Å². The lowest BCUT2D eigenvalue weighted by molar-refractivity contribution is 0.371. The molecule has 0 amide bonds. The van der Waals surface area contributed by atoms with Crippen LogP contribution in [0, 0.1) is 0 Å². The first kappa shape index (κ1) is 12.8. The zero-order valence-corrected chi connectivity index (χ0v) is 11.8. The number of nitrogens with zero attached hydrogens (tertiary/aromatic N) is 2. The van der Waals surface area contributed by atoms with E-state index in [1.807, 2.05) is 24.4 Å². The van der Waals surface area contributed by atoms with Gasteiger partial charge in [0.2, 0.25) is 0 Å². The quantitative estimate of drug-likeness (QED) is 0.924. The monoisotopic (exact) mass is 273 g/mol. The van der Waals surface area contributed by atoms with Crippen LogP contribution in [0.5, 0.6) is 0 Å². The Morgan fingerprint density at radius 1 is 1.21 bits per heavy atom. The molecule has 0 saturated heterocycles. The van der Waals surface area contributed by atoms with E-state index in [1.165, 1.54) is 32.1 Å². The lowest BCUT2D eigenvalue weighted by atomic mass is 9.95. The molecule has 0 radical (unpaired) electrons. The average molecular weight is 273 g/mol. The predicted molar refractivity (Wildman–Crippen MR) is 79.1 cm³/mol. The van der Waals surface area contributed by atoms with Crippen LogP contribution >= 0.6 is 11.3 Å². The van der Waals surface area contributed by atoms with Gasteiger partial charge in [0.1, 0.15) is 5.01 Å². The van der Waals surface area contributed by atoms with Crippen LogP contribution in [0.1, 0.15) is 37.8 Å². The van der Waals surface area contributed by atoms with Crippen molar-refractivity contribution in [1.29, 1.82) is 0 Å². The molecule has 1 saturated carbocycles. The van der Waals surface area contributed by atoms with E-state index >= 15 is 0 Å². The molecule has 3 nitrogen and oxygen atoms in total. The van der Waals surface area contributed by atoms with Gasteiger partial charge < -0.3 is 5.32 Å². The molecule has 19 heavy (non-hydrogen) atoms. The predicted octanol–water partition coefficient (Wildman–Crippen LogP) is 3.63. The summed E-state index contributed by atoms with van der Waals surface area (Å²) in [5.41, 5.74) is 2.10. The van der Waals surface area contributed by atoms with E-state index in [-0.39, 0.29) is 0 Å². The number of hydrogen-bond donors (Lipinski definition) is 1. The number of pyridine rings is 1. The number of hydrogen-bond acceptors (Lipinski definition) is 4. The van der Waals surface area contributed by atoms with Crippen LogP contribution in [-0.4, -0.2) is 16.0 Å². The van der Waals surface area contributed by atoms with E-state index < -0.39 is 0 Å². The van der Waals surface area contributed by atoms with E-state index in [9.17, 15) is 0 Å². The SMILES string of the molecule is c1ccc(-c2nc(CNC3CCCCC3)cs2)nc1. The summed E-state index contributed by atoms with van der Waals surface area (Å²) in [4.78, 5) is 9.00. The minimum Gasteiger partial charge on any atom is -0.308 e. The molecule has 2 aromatic rings. The smallest absolute Gasteiger partial charge is 0.142 e. The molecule has 0 aliphatic heterocycles. The second-order valence-corrected chi connectivity index (χ2v) is 5.93. The normalized spacial score (nSPS) is 16.6. The van der Waals surface area contributed by atoms with E-state index in [0.717, 1.165) is 22.9 Å². The third-order valence-corrected chi connectivity index (χ3v) is 4.53. The summed E-state index contributed by atoms with van der Waals surface area (Å²) >= 11 is 1.68. The lowest BCUT2D eigenvalue weighted by Crippen LogP contribution is -2.30. The van der Waals surface area contributed by atoms with Crippen molar-refractivity contribution in [2.75, 3.05) is 0 Å². The largest absolute Gasteiger partial charge is 0.308 e. The summed E-state index contributed by atoms with van der Waals surface area (Å²) in [7, 11) is 0. The average Bonchev–Trinajstić information content (AvgIpc) is 2.96. The molecule has 4 heteroatoms. The first-order valence-electron chi connectivity index (χ1n) is 7.01. The first-order chi connectivity index (χ1) is 9.42. The Morgan fingerprint density at radius 2 is 2.11 bits per heavy atom. The van der Waals surface area contributed by atoms with Gasteiger partial charge in [-0.15, -0.1) is 11.3 Å². The van der Waals surface area contributed by atoms with Crippen LogP contribution in [-0.2, 0) is 6.54 Å². The van der Waals surface area contributed by atoms with Crippen molar-refractivity contribution in [2.24, 2.45) is 0 Å². The number of thiazole rings is 1. The summed E-state index contributed by atoms with van der Waals surface area (Å²) in [6.45, 7) is 0.883. The third-order valence-electron chi connectivity index (χ3n) is 3.61. The molecule has 0 atom stereocenters. The number of aromatic nitrogens is 2. The van der Waals surface area contributed by atoms with Crippen molar-refractivity contribution < 1.29 is 0 Å². The summed E-state index contributed by atoms with van der Waals surface area (Å²) in [5.74, 6) is 0. The van der Waals surface area contributed by atoms with Gasteiger partial charge in [0.15, 0.2) is 0 Å². The molecule has 1 N–H and O–H groups in total. The highest BCUT2D eigenvalue weighted by atomic mass is 32.1. The molecule has 1 aliphatic rings. The lowest BCUT2D eigenvalue weighted by Gasteiger charge is -2.22. The van der Waals surface area contributed by atoms with Gasteiger partial charge in [-0.3, -0.25) is 4.98 Å². The molecule has 1 fully saturated rings. The molecular formula is C15H19N3S. The highest BCUT2D eigenvalue weighted by Crippen LogP contribution is 2.22. The summed E-state index contributed by atoms with van der Waals surface area (Å²) in [5, 5.41) is 6.78. The van der Waals surface area contributed by atoms with Crippen LogP contribution in [0.4, 0.5) is 0 Å². The zero-order valence-electron chi connectivity index (χ0n) is 11.0. The van der Waals surface area contributed by atoms with Crippen LogP contribution in [0.15, 0.2) is 29.8 Å². The summed E-state index contributed by atoms with van der Waals surface area (Å²) in [6, 6.07) is 6.64. The fourth-order valence-electron chi connectivity index (χ4n) is 2.55. The van der Waals surface area contributed by atoms with E-state index in [0.29, 0.717) is 6.04 Å². The van der Waals surface area contributed by atoms with E-state index in [1.54, 1.807) is 11.3 Å². The van der Waals surface area contributed by atoms with Gasteiger partial charge in [0.05, 0.1) is 11.4 Å². The van der Waals surface area contributed by atoms with Gasteiger partial charge in [0, 0.05) is 24.2 Å². The maximum atomic E-state index is 4.66. The molecule has 1 aliphatic carbocycles. The van der Waals surface area contributed by atoms with Gasteiger partial charge in [-0.1, -0.05) is 25.3 Å². The van der Waals surface area contributed by atoms with Crippen molar-refractivity contribution in [3.05, 3.63) is 35.5 Å². The van der Waals surface area contributed by atoms with Gasteiger partial charge >= 0.3 is 0 Å². The summed E-state index contributed by atoms with van der Waals surface area (Å²) < 4.78 is 0.